The number of ether oxygens (including phenoxy) is 2. The van der Waals surface area contributed by atoms with Gasteiger partial charge in [-0.2, -0.15) is 0 Å². The van der Waals surface area contributed by atoms with E-state index in [1.54, 1.807) is 19.9 Å². The van der Waals surface area contributed by atoms with Gasteiger partial charge in [0.05, 0.1) is 12.7 Å². The number of carbonyl (C=O) groups excluding carboxylic acids is 3. The summed E-state index contributed by atoms with van der Waals surface area (Å²) in [6.07, 6.45) is 2.64. The van der Waals surface area contributed by atoms with Crippen LogP contribution in [0.3, 0.4) is 0 Å². The highest BCUT2D eigenvalue weighted by atomic mass is 16.6. The second-order valence-electron chi connectivity index (χ2n) is 10.9. The smallest absolute Gasteiger partial charge is 0.462 e. The first-order chi connectivity index (χ1) is 19.6. The number of aldehydes is 1. The van der Waals surface area contributed by atoms with Gasteiger partial charge in [0.2, 0.25) is 5.76 Å². The minimum absolute atomic E-state index is 0.258. The molecule has 0 bridgehead atoms. The minimum Gasteiger partial charge on any atom is -0.462 e. The normalized spacial score (nSPS) is 19.3. The van der Waals surface area contributed by atoms with Gasteiger partial charge in [-0.1, -0.05) is 44.7 Å². The maximum atomic E-state index is 13.2. The van der Waals surface area contributed by atoms with E-state index in [0.717, 1.165) is 28.5 Å². The lowest BCUT2D eigenvalue weighted by Crippen LogP contribution is -2.33. The monoisotopic (exact) mass is 551 g/mol. The zero-order valence-corrected chi connectivity index (χ0v) is 24.4. The van der Waals surface area contributed by atoms with Gasteiger partial charge in [-0.3, -0.25) is 14.0 Å². The van der Waals surface area contributed by atoms with Crippen LogP contribution in [0.15, 0.2) is 82.2 Å². The zero-order chi connectivity index (χ0) is 29.4. The number of allylic oxidation sites excluding steroid dienone is 2. The SMILES string of the molecule is C=C1/C(=C/c2ccc(-c3cc(C)c(C)c(C=O)c3)o2)[O+]=C2OC(C)=C(C(=O)OCC)C(c3ccc(C(C)C)cc3)C12. The molecule has 2 unspecified atom stereocenters. The fourth-order valence-electron chi connectivity index (χ4n) is 5.46. The van der Waals surface area contributed by atoms with Crippen LogP contribution in [0.1, 0.15) is 77.9 Å². The van der Waals surface area contributed by atoms with Crippen molar-refractivity contribution < 1.29 is 27.9 Å². The molecule has 5 rings (SSSR count). The third-order valence-corrected chi connectivity index (χ3v) is 7.91. The Kier molecular flexibility index (Phi) is 7.68. The van der Waals surface area contributed by atoms with Gasteiger partial charge in [0.1, 0.15) is 23.4 Å². The van der Waals surface area contributed by atoms with E-state index < -0.39 is 11.9 Å². The highest BCUT2D eigenvalue weighted by molar-refractivity contribution is 5.96. The molecule has 3 heterocycles. The molecule has 210 valence electrons. The van der Waals surface area contributed by atoms with Crippen LogP contribution < -0.4 is 0 Å². The Balaban J connectivity index is 1.51. The van der Waals surface area contributed by atoms with Crippen molar-refractivity contribution in [2.24, 2.45) is 5.92 Å². The Morgan fingerprint density at radius 1 is 1.07 bits per heavy atom. The number of carbonyl (C=O) groups is 2. The topological polar surface area (TPSA) is 77.0 Å². The maximum Gasteiger partial charge on any atom is 0.506 e. The van der Waals surface area contributed by atoms with E-state index in [-0.39, 0.29) is 12.5 Å². The summed E-state index contributed by atoms with van der Waals surface area (Å²) in [5, 5.41) is 0. The van der Waals surface area contributed by atoms with Crippen molar-refractivity contribution in [3.8, 4) is 11.3 Å². The van der Waals surface area contributed by atoms with Gasteiger partial charge in [0.15, 0.2) is 5.92 Å². The highest BCUT2D eigenvalue weighted by Crippen LogP contribution is 2.47. The van der Waals surface area contributed by atoms with Crippen LogP contribution in [0.4, 0.5) is 0 Å². The molecule has 1 aromatic heterocycles. The lowest BCUT2D eigenvalue weighted by molar-refractivity contribution is -0.396. The number of hydrogen-bond acceptors (Lipinski definition) is 5. The summed E-state index contributed by atoms with van der Waals surface area (Å²) in [7, 11) is 0. The van der Waals surface area contributed by atoms with E-state index in [1.807, 2.05) is 38.1 Å². The molecule has 0 amide bonds. The van der Waals surface area contributed by atoms with E-state index in [0.29, 0.717) is 51.6 Å². The Hall–Kier alpha value is -4.45. The van der Waals surface area contributed by atoms with Gasteiger partial charge in [0, 0.05) is 29.5 Å². The summed E-state index contributed by atoms with van der Waals surface area (Å²) in [4.78, 5) is 24.7. The Morgan fingerprint density at radius 2 is 1.80 bits per heavy atom. The van der Waals surface area contributed by atoms with Crippen LogP contribution in [-0.2, 0) is 18.7 Å². The van der Waals surface area contributed by atoms with Crippen LogP contribution in [0.2, 0.25) is 0 Å². The molecule has 6 nitrogen and oxygen atoms in total. The molecule has 0 N–H and O–H groups in total. The van der Waals surface area contributed by atoms with Crippen LogP contribution in [-0.4, -0.2) is 24.8 Å². The average molecular weight is 552 g/mol. The summed E-state index contributed by atoms with van der Waals surface area (Å²) in [5.41, 5.74) is 6.73. The summed E-state index contributed by atoms with van der Waals surface area (Å²) in [6.45, 7) is 16.4. The van der Waals surface area contributed by atoms with Gasteiger partial charge in [-0.15, -0.1) is 0 Å². The van der Waals surface area contributed by atoms with E-state index >= 15 is 0 Å². The Morgan fingerprint density at radius 3 is 2.46 bits per heavy atom. The van der Waals surface area contributed by atoms with Crippen LogP contribution in [0.25, 0.3) is 17.4 Å². The lowest BCUT2D eigenvalue weighted by Gasteiger charge is -2.26. The third-order valence-electron chi connectivity index (χ3n) is 7.91. The fraction of sp³-hybridized carbons (Fsp3) is 0.286. The van der Waals surface area contributed by atoms with Gasteiger partial charge in [-0.05, 0) is 73.2 Å². The van der Waals surface area contributed by atoms with Crippen molar-refractivity contribution >= 4 is 24.3 Å². The van der Waals surface area contributed by atoms with E-state index in [9.17, 15) is 9.59 Å². The molecule has 2 aliphatic heterocycles. The molecule has 0 spiro atoms. The minimum atomic E-state index is -0.418. The molecule has 2 aromatic carbocycles. The van der Waals surface area contributed by atoms with Gasteiger partial charge in [-0.25, -0.2) is 4.79 Å². The first-order valence-corrected chi connectivity index (χ1v) is 13.9. The summed E-state index contributed by atoms with van der Waals surface area (Å²) < 4.78 is 23.9. The number of esters is 2. The summed E-state index contributed by atoms with van der Waals surface area (Å²) in [5.74, 6) is 1.69. The number of benzene rings is 2. The van der Waals surface area contributed by atoms with Gasteiger partial charge < -0.3 is 9.15 Å². The van der Waals surface area contributed by atoms with Crippen molar-refractivity contribution in [1.82, 2.24) is 0 Å². The first kappa shape index (κ1) is 28.1. The molecular weight excluding hydrogens is 516 g/mol. The predicted molar refractivity (Wildman–Crippen MR) is 158 cm³/mol. The molecule has 0 aliphatic carbocycles. The average Bonchev–Trinajstić information content (AvgIpc) is 3.53. The van der Waals surface area contributed by atoms with Crippen LogP contribution in [0.5, 0.6) is 0 Å². The Labute approximate surface area is 240 Å². The number of rotatable bonds is 7. The Bertz CT molecular complexity index is 1630. The number of hydrogen-bond donors (Lipinski definition) is 0. The van der Waals surface area contributed by atoms with Crippen molar-refractivity contribution in [2.45, 2.75) is 53.4 Å². The molecule has 0 radical (unpaired) electrons. The van der Waals surface area contributed by atoms with E-state index in [1.165, 1.54) is 5.56 Å². The second-order valence-corrected chi connectivity index (χ2v) is 10.9. The second kappa shape index (κ2) is 11.2. The maximum absolute atomic E-state index is 13.2. The zero-order valence-electron chi connectivity index (χ0n) is 24.4. The van der Waals surface area contributed by atoms with Crippen molar-refractivity contribution in [2.75, 3.05) is 6.61 Å². The predicted octanol–water partition coefficient (Wildman–Crippen LogP) is 7.74. The molecule has 2 atom stereocenters. The van der Waals surface area contributed by atoms with Crippen molar-refractivity contribution in [1.29, 1.82) is 0 Å². The largest absolute Gasteiger partial charge is 0.506 e. The molecular formula is C35H35O6+. The third kappa shape index (κ3) is 5.22. The molecule has 3 aromatic rings. The fourth-order valence-corrected chi connectivity index (χ4v) is 5.46. The van der Waals surface area contributed by atoms with E-state index in [2.05, 4.69) is 44.7 Å². The number of furan rings is 1. The van der Waals surface area contributed by atoms with Crippen LogP contribution in [0, 0.1) is 19.8 Å². The van der Waals surface area contributed by atoms with Gasteiger partial charge >= 0.3 is 11.9 Å². The van der Waals surface area contributed by atoms with Crippen molar-refractivity contribution in [3.05, 3.63) is 111 Å². The number of aryl methyl sites for hydroxylation is 1. The quantitative estimate of drug-likeness (QED) is 0.171. The van der Waals surface area contributed by atoms with E-state index in [4.69, 9.17) is 18.3 Å². The summed E-state index contributed by atoms with van der Waals surface area (Å²) in [6, 6.07) is 15.8. The standard InChI is InChI=1S/C35H35O6/c1-8-38-34(37)32-23(7)39-35-31(33(32)25-11-9-24(10-12-25)19(2)3)22(6)30(41-35)17-28-13-14-29(40-28)26-15-20(4)21(5)27(16-26)18-36/h9-19,31,33H,6,8H2,1-5,7H3/q+1/b30-17-. The molecule has 2 aliphatic rings. The molecule has 41 heavy (non-hydrogen) atoms. The summed E-state index contributed by atoms with van der Waals surface area (Å²) >= 11 is 0. The highest BCUT2D eigenvalue weighted by Gasteiger charge is 2.55. The molecule has 6 heteroatoms. The van der Waals surface area contributed by atoms with Gasteiger partial charge in [0.25, 0.3) is 5.76 Å². The molecule has 0 saturated heterocycles. The lowest BCUT2D eigenvalue weighted by atomic mass is 9.75. The molecule has 0 saturated carbocycles. The first-order valence-electron chi connectivity index (χ1n) is 13.9. The number of fused-ring (bicyclic) bond motifs is 1. The van der Waals surface area contributed by atoms with Crippen LogP contribution >= 0.6 is 0 Å². The van der Waals surface area contributed by atoms with Crippen molar-refractivity contribution in [3.63, 3.8) is 0 Å². The molecule has 0 fully saturated rings.